The molecule has 0 spiro atoms. The van der Waals surface area contributed by atoms with Crippen molar-refractivity contribution >= 4 is 11.9 Å². The fourth-order valence-corrected chi connectivity index (χ4v) is 3.37. The van der Waals surface area contributed by atoms with Gasteiger partial charge in [-0.2, -0.15) is 0 Å². The van der Waals surface area contributed by atoms with Crippen molar-refractivity contribution in [2.24, 2.45) is 0 Å². The summed E-state index contributed by atoms with van der Waals surface area (Å²) < 4.78 is 22.8. The third-order valence-corrected chi connectivity index (χ3v) is 6.19. The molecule has 1 saturated heterocycles. The Morgan fingerprint density at radius 1 is 1.08 bits per heavy atom. The minimum absolute atomic E-state index is 0.271. The quantitative estimate of drug-likeness (QED) is 0.111. The molecule has 0 unspecified atom stereocenters. The van der Waals surface area contributed by atoms with Crippen molar-refractivity contribution in [1.29, 1.82) is 0 Å². The Balaban J connectivity index is 3.27. The van der Waals surface area contributed by atoms with Gasteiger partial charge in [0.2, 0.25) is 0 Å². The summed E-state index contributed by atoms with van der Waals surface area (Å²) in [6.07, 6.45) is -2.35. The molecule has 10 nitrogen and oxygen atoms in total. The van der Waals surface area contributed by atoms with Crippen LogP contribution in [0.4, 0.5) is 0 Å². The molecule has 1 aliphatic rings. The molecule has 7 atom stereocenters. The lowest BCUT2D eigenvalue weighted by Gasteiger charge is -2.45. The van der Waals surface area contributed by atoms with Gasteiger partial charge in [0.15, 0.2) is 18.5 Å². The maximum Gasteiger partial charge on any atom is 0.333 e. The zero-order valence-electron chi connectivity index (χ0n) is 21.9. The number of carbonyl (C=O) groups excluding carboxylic acids is 2. The molecule has 0 aromatic carbocycles. The number of esters is 2. The standard InChI is InChI=1S/C26H40O10/c1-9-16(6)23(29)33-21-19(14-27)32-25(20(28)22(21)34-24(30)17(7)10-2)35-26(8,11-3)13-12-18(36-31)15(4)5/h9-11,18-22,25,27-28,31H,3-4,12-14H2,1-2,5-8H3/b16-9-,17-10-/t18-,19-,20-,21-,22-,25+,26-/m1/s1. The van der Waals surface area contributed by atoms with E-state index in [1.54, 1.807) is 27.7 Å². The Kier molecular flexibility index (Phi) is 12.7. The summed E-state index contributed by atoms with van der Waals surface area (Å²) in [5.41, 5.74) is 0.0703. The molecule has 3 N–H and O–H groups in total. The van der Waals surface area contributed by atoms with E-state index >= 15 is 0 Å². The number of hydrogen-bond acceptors (Lipinski definition) is 10. The smallest absolute Gasteiger partial charge is 0.333 e. The van der Waals surface area contributed by atoms with Gasteiger partial charge in [-0.15, -0.1) is 6.58 Å². The molecular formula is C26H40O10. The largest absolute Gasteiger partial charge is 0.452 e. The molecule has 1 rings (SSSR count). The molecule has 0 aromatic heterocycles. The number of allylic oxidation sites excluding steroid dienone is 2. The summed E-state index contributed by atoms with van der Waals surface area (Å²) in [7, 11) is 0. The van der Waals surface area contributed by atoms with Crippen LogP contribution in [-0.4, -0.2) is 76.4 Å². The summed E-state index contributed by atoms with van der Waals surface area (Å²) in [5.74, 6) is -1.45. The van der Waals surface area contributed by atoms with E-state index in [2.05, 4.69) is 18.0 Å². The number of hydrogen-bond donors (Lipinski definition) is 3. The molecule has 204 valence electrons. The van der Waals surface area contributed by atoms with E-state index in [4.69, 9.17) is 24.2 Å². The van der Waals surface area contributed by atoms with Gasteiger partial charge in [-0.1, -0.05) is 24.8 Å². The van der Waals surface area contributed by atoms with Crippen LogP contribution >= 0.6 is 0 Å². The molecule has 0 aliphatic carbocycles. The van der Waals surface area contributed by atoms with Gasteiger partial charge in [0.1, 0.15) is 18.3 Å². The summed E-state index contributed by atoms with van der Waals surface area (Å²) in [5, 5.41) is 30.3. The van der Waals surface area contributed by atoms with E-state index in [0.717, 1.165) is 0 Å². The predicted molar refractivity (Wildman–Crippen MR) is 132 cm³/mol. The average molecular weight is 513 g/mol. The molecule has 36 heavy (non-hydrogen) atoms. The Morgan fingerprint density at radius 3 is 2.03 bits per heavy atom. The van der Waals surface area contributed by atoms with Gasteiger partial charge < -0.3 is 29.2 Å². The van der Waals surface area contributed by atoms with Gasteiger partial charge in [0.05, 0.1) is 12.2 Å². The number of aliphatic hydroxyl groups excluding tert-OH is 2. The lowest BCUT2D eigenvalue weighted by Crippen LogP contribution is -2.62. The Labute approximate surface area is 212 Å². The van der Waals surface area contributed by atoms with Gasteiger partial charge >= 0.3 is 11.9 Å². The monoisotopic (exact) mass is 512 g/mol. The van der Waals surface area contributed by atoms with Crippen molar-refractivity contribution in [2.45, 2.75) is 96.8 Å². The zero-order chi connectivity index (χ0) is 27.6. The molecule has 1 fully saturated rings. The van der Waals surface area contributed by atoms with Crippen LogP contribution in [0.1, 0.15) is 54.4 Å². The Hall–Kier alpha value is -2.34. The van der Waals surface area contributed by atoms with Crippen LogP contribution in [0, 0.1) is 0 Å². The minimum atomic E-state index is -1.59. The minimum Gasteiger partial charge on any atom is -0.452 e. The zero-order valence-corrected chi connectivity index (χ0v) is 21.9. The molecule has 0 aromatic rings. The van der Waals surface area contributed by atoms with Crippen LogP contribution in [0.15, 0.2) is 48.1 Å². The van der Waals surface area contributed by atoms with Crippen molar-refractivity contribution in [3.05, 3.63) is 48.1 Å². The third-order valence-electron chi connectivity index (χ3n) is 6.19. The first-order valence-corrected chi connectivity index (χ1v) is 11.8. The molecule has 1 aliphatic heterocycles. The summed E-state index contributed by atoms with van der Waals surface area (Å²) in [6, 6.07) is 0. The maximum atomic E-state index is 12.6. The normalized spacial score (nSPS) is 27.5. The van der Waals surface area contributed by atoms with Crippen LogP contribution in [-0.2, 0) is 33.4 Å². The number of aliphatic hydroxyl groups is 2. The van der Waals surface area contributed by atoms with Crippen molar-refractivity contribution in [3.8, 4) is 0 Å². The van der Waals surface area contributed by atoms with E-state index in [1.807, 2.05) is 0 Å². The fraction of sp³-hybridized carbons (Fsp3) is 0.615. The van der Waals surface area contributed by atoms with Crippen molar-refractivity contribution in [2.75, 3.05) is 6.61 Å². The Morgan fingerprint density at radius 2 is 1.61 bits per heavy atom. The first-order valence-electron chi connectivity index (χ1n) is 11.8. The lowest BCUT2D eigenvalue weighted by molar-refractivity contribution is -0.323. The highest BCUT2D eigenvalue weighted by atomic mass is 17.1. The third kappa shape index (κ3) is 8.36. The molecule has 0 amide bonds. The number of carbonyl (C=O) groups is 2. The summed E-state index contributed by atoms with van der Waals surface area (Å²) >= 11 is 0. The highest BCUT2D eigenvalue weighted by molar-refractivity contribution is 5.88. The second-order valence-electron chi connectivity index (χ2n) is 9.01. The van der Waals surface area contributed by atoms with Gasteiger partial charge in [-0.3, -0.25) is 5.26 Å². The first-order chi connectivity index (χ1) is 16.9. The fourth-order valence-electron chi connectivity index (χ4n) is 3.37. The topological polar surface area (TPSA) is 141 Å². The van der Waals surface area contributed by atoms with Crippen molar-refractivity contribution in [1.82, 2.24) is 0 Å². The molecule has 1 heterocycles. The molecule has 10 heteroatoms. The second-order valence-corrected chi connectivity index (χ2v) is 9.01. The van der Waals surface area contributed by atoms with E-state index in [-0.39, 0.29) is 17.6 Å². The van der Waals surface area contributed by atoms with Crippen molar-refractivity contribution in [3.63, 3.8) is 0 Å². The van der Waals surface area contributed by atoms with Crippen LogP contribution in [0.25, 0.3) is 0 Å². The van der Waals surface area contributed by atoms with E-state index in [0.29, 0.717) is 12.0 Å². The van der Waals surface area contributed by atoms with Crippen LogP contribution < -0.4 is 0 Å². The van der Waals surface area contributed by atoms with Gasteiger partial charge in [0.25, 0.3) is 0 Å². The molecule has 0 bridgehead atoms. The van der Waals surface area contributed by atoms with Crippen molar-refractivity contribution < 1.29 is 48.9 Å². The van der Waals surface area contributed by atoms with E-state index in [9.17, 15) is 19.8 Å². The molecule has 0 radical (unpaired) electrons. The van der Waals surface area contributed by atoms with E-state index in [1.165, 1.54) is 32.1 Å². The Bertz CT molecular complexity index is 848. The highest BCUT2D eigenvalue weighted by Gasteiger charge is 2.51. The van der Waals surface area contributed by atoms with Crippen LogP contribution in [0.3, 0.4) is 0 Å². The SMILES string of the molecule is C=C[C@](C)(CC[C@@H](OO)C(=C)C)O[C@@H]1O[C@H](CO)[C@@H](OC(=O)/C(C)=C\C)[C@H](OC(=O)/C(C)=C\C)[C@H]1O. The number of ether oxygens (including phenoxy) is 4. The summed E-state index contributed by atoms with van der Waals surface area (Å²) in [6.45, 7) is 16.7. The van der Waals surface area contributed by atoms with E-state index < -0.39 is 61.0 Å². The lowest BCUT2D eigenvalue weighted by atomic mass is 9.94. The second kappa shape index (κ2) is 14.4. The number of rotatable bonds is 13. The molecular weight excluding hydrogens is 472 g/mol. The van der Waals surface area contributed by atoms with Crippen LogP contribution in [0.2, 0.25) is 0 Å². The summed E-state index contributed by atoms with van der Waals surface area (Å²) in [4.78, 5) is 29.5. The average Bonchev–Trinajstić information content (AvgIpc) is 2.86. The van der Waals surface area contributed by atoms with Crippen LogP contribution in [0.5, 0.6) is 0 Å². The van der Waals surface area contributed by atoms with Gasteiger partial charge in [-0.05, 0) is 60.0 Å². The predicted octanol–water partition coefficient (Wildman–Crippen LogP) is 3.00. The first kappa shape index (κ1) is 31.7. The van der Waals surface area contributed by atoms with Gasteiger partial charge in [-0.25, -0.2) is 14.5 Å². The van der Waals surface area contributed by atoms with Gasteiger partial charge in [0, 0.05) is 11.1 Å². The molecule has 0 saturated carbocycles. The maximum absolute atomic E-state index is 12.6. The highest BCUT2D eigenvalue weighted by Crippen LogP contribution is 2.33.